The monoisotopic (exact) mass is 486 g/mol. The summed E-state index contributed by atoms with van der Waals surface area (Å²) in [5.74, 6) is -1.75. The maximum atomic E-state index is 10.5. The van der Waals surface area contributed by atoms with Crippen LogP contribution in [-0.2, 0) is 24.0 Å². The normalized spacial score (nSPS) is 7.82. The molecule has 1 rings (SSSR count). The van der Waals surface area contributed by atoms with Crippen molar-refractivity contribution < 1.29 is 48.9 Å². The summed E-state index contributed by atoms with van der Waals surface area (Å²) in [6.07, 6.45) is 0.292. The van der Waals surface area contributed by atoms with Gasteiger partial charge in [-0.05, 0) is 74.4 Å². The third kappa shape index (κ3) is 63.0. The Bertz CT molecular complexity index is 683. The van der Waals surface area contributed by atoms with E-state index in [-0.39, 0.29) is 46.7 Å². The van der Waals surface area contributed by atoms with E-state index in [2.05, 4.69) is 0 Å². The van der Waals surface area contributed by atoms with Gasteiger partial charge >= 0.3 is 11.9 Å². The van der Waals surface area contributed by atoms with Crippen molar-refractivity contribution in [2.45, 2.75) is 68.7 Å². The summed E-state index contributed by atoms with van der Waals surface area (Å²) >= 11 is 0. The number of hydrogen-bond acceptors (Lipinski definition) is 8. The van der Waals surface area contributed by atoms with Gasteiger partial charge < -0.3 is 34.5 Å². The lowest BCUT2D eigenvalue weighted by Crippen LogP contribution is -2.06. The van der Waals surface area contributed by atoms with Crippen LogP contribution in [0, 0.1) is 0 Å². The number of carboxylic acids is 2. The highest BCUT2D eigenvalue weighted by atomic mass is 16.4. The number of ketones is 5. The molecule has 0 unspecified atom stereocenters. The van der Waals surface area contributed by atoms with Gasteiger partial charge in [-0.2, -0.15) is 0 Å². The number of carboxylic acid groups (broad SMARTS) is 2. The Morgan fingerprint density at radius 2 is 0.765 bits per heavy atom. The predicted molar refractivity (Wildman–Crippen MR) is 128 cm³/mol. The molecule has 1 aromatic rings. The molecule has 0 saturated heterocycles. The molecule has 0 amide bonds. The molecule has 194 valence electrons. The molecule has 3 N–H and O–H groups in total. The van der Waals surface area contributed by atoms with Crippen LogP contribution in [0.2, 0.25) is 0 Å². The number of carbonyl (C=O) groups is 7. The van der Waals surface area contributed by atoms with Crippen LogP contribution in [0.4, 0.5) is 0 Å². The number of carbonyl (C=O) groups excluding carboxylic acids is 5. The van der Waals surface area contributed by atoms with Crippen molar-refractivity contribution in [1.82, 2.24) is 0 Å². The molecule has 0 spiro atoms. The Kier molecular flexibility index (Phi) is 33.0. The van der Waals surface area contributed by atoms with Gasteiger partial charge in [0.2, 0.25) is 0 Å². The number of rotatable bonds is 4. The largest absolute Gasteiger partial charge is 0.478 e. The van der Waals surface area contributed by atoms with E-state index in [0.29, 0.717) is 6.42 Å². The Hall–Kier alpha value is -3.53. The molecule has 10 heteroatoms. The van der Waals surface area contributed by atoms with Crippen LogP contribution >= 0.6 is 0 Å². The van der Waals surface area contributed by atoms with Crippen molar-refractivity contribution in [3.05, 3.63) is 35.4 Å². The SMILES string of the molecule is CC(=O)CCO.CC(C)=O.CC(C)=O.CC(C)=O.CC(C)=O.O=C(O)c1ccccc1C(=O)O. The highest BCUT2D eigenvalue weighted by molar-refractivity contribution is 6.01. The lowest BCUT2D eigenvalue weighted by molar-refractivity contribution is -0.118. The van der Waals surface area contributed by atoms with Crippen molar-refractivity contribution in [3.63, 3.8) is 0 Å². The van der Waals surface area contributed by atoms with Crippen LogP contribution in [0.1, 0.15) is 89.5 Å². The van der Waals surface area contributed by atoms with Crippen LogP contribution < -0.4 is 0 Å². The second-order valence-corrected chi connectivity index (χ2v) is 6.96. The zero-order valence-corrected chi connectivity index (χ0v) is 21.4. The molecule has 0 aliphatic heterocycles. The Labute approximate surface area is 201 Å². The van der Waals surface area contributed by atoms with Crippen LogP contribution in [0.25, 0.3) is 0 Å². The molecule has 0 fully saturated rings. The van der Waals surface area contributed by atoms with Gasteiger partial charge in [0, 0.05) is 13.0 Å². The molecule has 0 radical (unpaired) electrons. The molecular formula is C24H38O10. The number of aliphatic hydroxyl groups is 1. The van der Waals surface area contributed by atoms with Crippen LogP contribution in [0.15, 0.2) is 24.3 Å². The van der Waals surface area contributed by atoms with Crippen molar-refractivity contribution in [2.75, 3.05) is 6.61 Å². The second-order valence-electron chi connectivity index (χ2n) is 6.96. The van der Waals surface area contributed by atoms with Crippen molar-refractivity contribution in [1.29, 1.82) is 0 Å². The fourth-order valence-corrected chi connectivity index (χ4v) is 1.01. The lowest BCUT2D eigenvalue weighted by atomic mass is 10.1. The average Bonchev–Trinajstić information content (AvgIpc) is 2.60. The Balaban J connectivity index is -0.000000109. The predicted octanol–water partition coefficient (Wildman–Crippen LogP) is 3.42. The standard InChI is InChI=1S/C8H6O4.C4H8O2.4C3H6O/c9-7(10)5-3-1-2-4-6(5)8(11)12;1-4(6)2-3-5;4*1-3(2)4/h1-4H,(H,9,10)(H,11,12);5H,2-3H2,1H3;4*1-2H3. The molecule has 0 saturated carbocycles. The summed E-state index contributed by atoms with van der Waals surface area (Å²) in [5.41, 5.74) is -0.380. The third-order valence-electron chi connectivity index (χ3n) is 1.85. The molecule has 0 aromatic heterocycles. The first kappa shape index (κ1) is 40.8. The number of Topliss-reactive ketones (excluding diaryl/α,β-unsaturated/α-hetero) is 5. The summed E-state index contributed by atoms with van der Waals surface area (Å²) in [5, 5.41) is 25.1. The molecule has 0 bridgehead atoms. The lowest BCUT2D eigenvalue weighted by Gasteiger charge is -1.98. The summed E-state index contributed by atoms with van der Waals surface area (Å²) < 4.78 is 0. The molecule has 0 atom stereocenters. The number of benzene rings is 1. The van der Waals surface area contributed by atoms with Gasteiger partial charge in [0.25, 0.3) is 0 Å². The van der Waals surface area contributed by atoms with Gasteiger partial charge in [-0.15, -0.1) is 0 Å². The minimum atomic E-state index is -1.23. The minimum absolute atomic E-state index is 0.0185. The molecular weight excluding hydrogens is 448 g/mol. The van der Waals surface area contributed by atoms with Crippen molar-refractivity contribution in [2.24, 2.45) is 0 Å². The fourth-order valence-electron chi connectivity index (χ4n) is 1.01. The maximum Gasteiger partial charge on any atom is 0.336 e. The van der Waals surface area contributed by atoms with E-state index >= 15 is 0 Å². The highest BCUT2D eigenvalue weighted by Gasteiger charge is 2.13. The summed E-state index contributed by atoms with van der Waals surface area (Å²) in [6.45, 7) is 13.7. The summed E-state index contributed by atoms with van der Waals surface area (Å²) in [6, 6.07) is 5.48. The first-order valence-corrected chi connectivity index (χ1v) is 9.87. The van der Waals surface area contributed by atoms with E-state index in [4.69, 9.17) is 15.3 Å². The molecule has 34 heavy (non-hydrogen) atoms. The van der Waals surface area contributed by atoms with Gasteiger partial charge in [-0.25, -0.2) is 9.59 Å². The Morgan fingerprint density at radius 3 is 0.853 bits per heavy atom. The van der Waals surface area contributed by atoms with E-state index in [9.17, 15) is 33.6 Å². The quantitative estimate of drug-likeness (QED) is 0.570. The van der Waals surface area contributed by atoms with E-state index < -0.39 is 11.9 Å². The van der Waals surface area contributed by atoms with Gasteiger partial charge in [0.15, 0.2) is 0 Å². The van der Waals surface area contributed by atoms with Crippen molar-refractivity contribution >= 4 is 40.9 Å². The van der Waals surface area contributed by atoms with Crippen LogP contribution in [0.5, 0.6) is 0 Å². The number of aromatic carboxylic acids is 2. The Morgan fingerprint density at radius 1 is 0.559 bits per heavy atom. The molecule has 0 aliphatic rings. The number of hydrogen-bond donors (Lipinski definition) is 3. The highest BCUT2D eigenvalue weighted by Crippen LogP contribution is 2.07. The van der Waals surface area contributed by atoms with E-state index in [0.717, 1.165) is 0 Å². The van der Waals surface area contributed by atoms with Gasteiger partial charge in [0.05, 0.1) is 11.1 Å². The topological polar surface area (TPSA) is 180 Å². The smallest absolute Gasteiger partial charge is 0.336 e. The minimum Gasteiger partial charge on any atom is -0.478 e. The summed E-state index contributed by atoms with van der Waals surface area (Å²) in [7, 11) is 0. The molecule has 0 heterocycles. The molecule has 0 aliphatic carbocycles. The number of aliphatic hydroxyl groups excluding tert-OH is 1. The van der Waals surface area contributed by atoms with E-state index in [1.165, 1.54) is 86.6 Å². The third-order valence-corrected chi connectivity index (χ3v) is 1.85. The first-order valence-electron chi connectivity index (χ1n) is 9.87. The van der Waals surface area contributed by atoms with Crippen LogP contribution in [0.3, 0.4) is 0 Å². The van der Waals surface area contributed by atoms with Gasteiger partial charge in [-0.3, -0.25) is 4.79 Å². The van der Waals surface area contributed by atoms with Crippen molar-refractivity contribution in [3.8, 4) is 0 Å². The van der Waals surface area contributed by atoms with Gasteiger partial charge in [-0.1, -0.05) is 12.1 Å². The zero-order valence-electron chi connectivity index (χ0n) is 21.4. The molecule has 1 aromatic carbocycles. The maximum absolute atomic E-state index is 10.5. The van der Waals surface area contributed by atoms with E-state index in [1.54, 1.807) is 0 Å². The summed E-state index contributed by atoms with van der Waals surface area (Å²) in [4.78, 5) is 68.6. The van der Waals surface area contributed by atoms with Gasteiger partial charge in [0.1, 0.15) is 28.9 Å². The van der Waals surface area contributed by atoms with Crippen LogP contribution in [-0.4, -0.2) is 62.8 Å². The zero-order chi connectivity index (χ0) is 28.4. The average molecular weight is 487 g/mol. The second kappa shape index (κ2) is 27.5. The molecule has 10 nitrogen and oxygen atoms in total. The van der Waals surface area contributed by atoms with E-state index in [1.807, 2.05) is 0 Å². The fraction of sp³-hybridized carbons (Fsp3) is 0.458. The first-order chi connectivity index (χ1) is 15.3.